The van der Waals surface area contributed by atoms with Gasteiger partial charge in [-0.1, -0.05) is 23.2 Å². The van der Waals surface area contributed by atoms with E-state index < -0.39 is 0 Å². The lowest BCUT2D eigenvalue weighted by Crippen LogP contribution is -1.96. The van der Waals surface area contributed by atoms with Crippen LogP contribution in [0.15, 0.2) is 47.6 Å². The second kappa shape index (κ2) is 7.33. The molecule has 0 aliphatic carbocycles. The molecule has 0 amide bonds. The highest BCUT2D eigenvalue weighted by Gasteiger charge is 2.02. The Hall–Kier alpha value is -2.73. The zero-order valence-corrected chi connectivity index (χ0v) is 12.6. The molecule has 7 heteroatoms. The van der Waals surface area contributed by atoms with E-state index in [2.05, 4.69) is 10.5 Å². The maximum absolute atomic E-state index is 8.57. The first-order chi connectivity index (χ1) is 10.6. The number of hydrogen-bond donors (Lipinski definition) is 1. The molecular weight excluding hydrogens is 323 g/mol. The Balaban J connectivity index is 2.08. The molecule has 0 aliphatic rings. The number of anilines is 1. The molecule has 0 atom stereocenters. The van der Waals surface area contributed by atoms with Crippen molar-refractivity contribution in [3.05, 3.63) is 52.5 Å². The highest BCUT2D eigenvalue weighted by Crippen LogP contribution is 2.28. The van der Waals surface area contributed by atoms with Crippen LogP contribution >= 0.6 is 23.2 Å². The summed E-state index contributed by atoms with van der Waals surface area (Å²) in [5.74, 6) is 1.10. The number of hydrazone groups is 1. The summed E-state index contributed by atoms with van der Waals surface area (Å²) < 4.78 is 5.63. The first-order valence-corrected chi connectivity index (χ1v) is 6.74. The number of rotatable bonds is 4. The topological polar surface area (TPSA) is 81.2 Å². The van der Waals surface area contributed by atoms with E-state index in [0.717, 1.165) is 0 Å². The number of ether oxygens (including phenoxy) is 1. The van der Waals surface area contributed by atoms with Gasteiger partial charge in [-0.2, -0.15) is 15.6 Å². The minimum atomic E-state index is -0.256. The summed E-state index contributed by atoms with van der Waals surface area (Å²) in [5, 5.41) is 21.7. The van der Waals surface area contributed by atoms with Crippen molar-refractivity contribution in [1.82, 2.24) is 0 Å². The third kappa shape index (κ3) is 4.39. The van der Waals surface area contributed by atoms with Gasteiger partial charge in [-0.3, -0.25) is 5.43 Å². The molecule has 2 aromatic rings. The fourth-order valence-corrected chi connectivity index (χ4v) is 2.02. The summed E-state index contributed by atoms with van der Waals surface area (Å²) in [4.78, 5) is 0. The molecule has 0 aromatic heterocycles. The SMILES string of the molecule is N#CC(C#N)=NNc1ccc(Oc2cc(Cl)cc(Cl)c2)cc1. The molecule has 1 N–H and O–H groups in total. The van der Waals surface area contributed by atoms with Crippen LogP contribution in [0.4, 0.5) is 5.69 Å². The van der Waals surface area contributed by atoms with Crippen LogP contribution in [0.3, 0.4) is 0 Å². The summed E-state index contributed by atoms with van der Waals surface area (Å²) in [5.41, 5.74) is 2.96. The maximum atomic E-state index is 8.57. The summed E-state index contributed by atoms with van der Waals surface area (Å²) in [6.45, 7) is 0. The highest BCUT2D eigenvalue weighted by atomic mass is 35.5. The van der Waals surface area contributed by atoms with Crippen LogP contribution in [0.2, 0.25) is 10.0 Å². The van der Waals surface area contributed by atoms with E-state index in [-0.39, 0.29) is 5.71 Å². The third-order valence-corrected chi connectivity index (χ3v) is 2.87. The van der Waals surface area contributed by atoms with Crippen molar-refractivity contribution in [3.8, 4) is 23.6 Å². The number of hydrogen-bond acceptors (Lipinski definition) is 5. The molecule has 0 fully saturated rings. The second-order valence-electron chi connectivity index (χ2n) is 4.03. The zero-order chi connectivity index (χ0) is 15.9. The lowest BCUT2D eigenvalue weighted by atomic mass is 10.3. The number of nitriles is 2. The second-order valence-corrected chi connectivity index (χ2v) is 4.90. The fraction of sp³-hybridized carbons (Fsp3) is 0. The number of benzene rings is 2. The highest BCUT2D eigenvalue weighted by molar-refractivity contribution is 6.34. The van der Waals surface area contributed by atoms with Gasteiger partial charge in [-0.25, -0.2) is 0 Å². The molecule has 0 bridgehead atoms. The van der Waals surface area contributed by atoms with Crippen molar-refractivity contribution < 1.29 is 4.74 Å². The van der Waals surface area contributed by atoms with Gasteiger partial charge >= 0.3 is 0 Å². The van der Waals surface area contributed by atoms with Crippen LogP contribution in [-0.2, 0) is 0 Å². The minimum absolute atomic E-state index is 0.256. The number of nitrogens with one attached hydrogen (secondary N) is 1. The molecule has 0 radical (unpaired) electrons. The zero-order valence-electron chi connectivity index (χ0n) is 11.0. The van der Waals surface area contributed by atoms with Crippen molar-refractivity contribution in [3.63, 3.8) is 0 Å². The summed E-state index contributed by atoms with van der Waals surface area (Å²) in [6.07, 6.45) is 0. The predicted molar refractivity (Wildman–Crippen MR) is 85.3 cm³/mol. The summed E-state index contributed by atoms with van der Waals surface area (Å²) in [6, 6.07) is 15.0. The van der Waals surface area contributed by atoms with Crippen LogP contribution in [0.25, 0.3) is 0 Å². The lowest BCUT2D eigenvalue weighted by Gasteiger charge is -2.07. The molecular formula is C15H8Cl2N4O. The Morgan fingerprint density at radius 1 is 0.955 bits per heavy atom. The monoisotopic (exact) mass is 330 g/mol. The third-order valence-electron chi connectivity index (χ3n) is 2.43. The molecule has 0 saturated carbocycles. The van der Waals surface area contributed by atoms with Crippen LogP contribution in [0.1, 0.15) is 0 Å². The Bertz CT molecular complexity index is 752. The van der Waals surface area contributed by atoms with E-state index in [1.54, 1.807) is 54.6 Å². The van der Waals surface area contributed by atoms with Crippen molar-refractivity contribution in [2.24, 2.45) is 5.10 Å². The summed E-state index contributed by atoms with van der Waals surface area (Å²) in [7, 11) is 0. The molecule has 22 heavy (non-hydrogen) atoms. The maximum Gasteiger partial charge on any atom is 0.237 e. The Labute approximate surface area is 137 Å². The van der Waals surface area contributed by atoms with Gasteiger partial charge in [0.1, 0.15) is 23.6 Å². The standard InChI is InChI=1S/C15H8Cl2N4O/c16-10-5-11(17)7-15(6-10)22-14-3-1-12(2-4-14)20-21-13(8-18)9-19/h1-7,20H. The van der Waals surface area contributed by atoms with Crippen molar-refractivity contribution in [1.29, 1.82) is 10.5 Å². The summed E-state index contributed by atoms with van der Waals surface area (Å²) >= 11 is 11.8. The molecule has 108 valence electrons. The van der Waals surface area contributed by atoms with Gasteiger partial charge in [-0.15, -0.1) is 0 Å². The van der Waals surface area contributed by atoms with E-state index in [1.165, 1.54) is 0 Å². The fourth-order valence-electron chi connectivity index (χ4n) is 1.52. The molecule has 0 unspecified atom stereocenters. The molecule has 5 nitrogen and oxygen atoms in total. The van der Waals surface area contributed by atoms with Crippen LogP contribution in [0.5, 0.6) is 11.5 Å². The van der Waals surface area contributed by atoms with E-state index in [4.69, 9.17) is 38.5 Å². The van der Waals surface area contributed by atoms with Gasteiger partial charge in [0.05, 0.1) is 5.69 Å². The van der Waals surface area contributed by atoms with Crippen LogP contribution < -0.4 is 10.2 Å². The Morgan fingerprint density at radius 3 is 2.09 bits per heavy atom. The van der Waals surface area contributed by atoms with Gasteiger partial charge in [0.25, 0.3) is 0 Å². The smallest absolute Gasteiger partial charge is 0.237 e. The quantitative estimate of drug-likeness (QED) is 0.656. The molecule has 0 spiro atoms. The lowest BCUT2D eigenvalue weighted by molar-refractivity contribution is 0.483. The molecule has 0 aliphatic heterocycles. The average molecular weight is 331 g/mol. The van der Waals surface area contributed by atoms with Gasteiger partial charge in [0.2, 0.25) is 5.71 Å². The Morgan fingerprint density at radius 2 is 1.55 bits per heavy atom. The van der Waals surface area contributed by atoms with Crippen LogP contribution in [-0.4, -0.2) is 5.71 Å². The van der Waals surface area contributed by atoms with Gasteiger partial charge in [-0.05, 0) is 42.5 Å². The van der Waals surface area contributed by atoms with Gasteiger partial charge in [0.15, 0.2) is 0 Å². The molecule has 0 heterocycles. The predicted octanol–water partition coefficient (Wildman–Crippen LogP) is 4.60. The first-order valence-electron chi connectivity index (χ1n) is 5.98. The number of nitrogens with zero attached hydrogens (tertiary/aromatic N) is 3. The van der Waals surface area contributed by atoms with Gasteiger partial charge < -0.3 is 4.74 Å². The molecule has 0 saturated heterocycles. The van der Waals surface area contributed by atoms with Crippen molar-refractivity contribution in [2.45, 2.75) is 0 Å². The van der Waals surface area contributed by atoms with E-state index in [0.29, 0.717) is 27.2 Å². The molecule has 2 aromatic carbocycles. The van der Waals surface area contributed by atoms with Crippen molar-refractivity contribution in [2.75, 3.05) is 5.43 Å². The normalized spacial score (nSPS) is 9.27. The van der Waals surface area contributed by atoms with Gasteiger partial charge in [0, 0.05) is 10.0 Å². The van der Waals surface area contributed by atoms with Crippen molar-refractivity contribution >= 4 is 34.6 Å². The average Bonchev–Trinajstić information content (AvgIpc) is 2.49. The van der Waals surface area contributed by atoms with Crippen LogP contribution in [0, 0.1) is 22.7 Å². The van der Waals surface area contributed by atoms with E-state index in [1.807, 2.05) is 0 Å². The Kier molecular flexibility index (Phi) is 5.21. The minimum Gasteiger partial charge on any atom is -0.457 e. The molecule has 2 rings (SSSR count). The largest absolute Gasteiger partial charge is 0.457 e. The van der Waals surface area contributed by atoms with E-state index in [9.17, 15) is 0 Å². The number of halogens is 2. The van der Waals surface area contributed by atoms with E-state index >= 15 is 0 Å². The first kappa shape index (κ1) is 15.7.